The predicted molar refractivity (Wildman–Crippen MR) is 110 cm³/mol. The van der Waals surface area contributed by atoms with E-state index in [9.17, 15) is 18.8 Å². The van der Waals surface area contributed by atoms with Gasteiger partial charge in [-0.2, -0.15) is 0 Å². The first-order valence-corrected chi connectivity index (χ1v) is 9.62. The van der Waals surface area contributed by atoms with E-state index in [1.165, 1.54) is 24.3 Å². The van der Waals surface area contributed by atoms with E-state index in [1.807, 2.05) is 0 Å². The minimum atomic E-state index is -0.610. The average molecular weight is 409 g/mol. The summed E-state index contributed by atoms with van der Waals surface area (Å²) in [6.07, 6.45) is 0.798. The third-order valence-electron chi connectivity index (χ3n) is 4.95. The Hall–Kier alpha value is -3.52. The van der Waals surface area contributed by atoms with Crippen molar-refractivity contribution in [3.05, 3.63) is 75.8 Å². The minimum absolute atomic E-state index is 0.0844. The molecule has 2 N–H and O–H groups in total. The number of carbonyl (C=O) groups excluding carboxylic acids is 2. The van der Waals surface area contributed by atoms with Crippen molar-refractivity contribution in [2.24, 2.45) is 0 Å². The van der Waals surface area contributed by atoms with Crippen LogP contribution in [-0.4, -0.2) is 48.0 Å². The Morgan fingerprint density at radius 1 is 1.03 bits per heavy atom. The van der Waals surface area contributed by atoms with Crippen LogP contribution in [0, 0.1) is 5.82 Å². The lowest BCUT2D eigenvalue weighted by atomic mass is 10.1. The van der Waals surface area contributed by atoms with Crippen molar-refractivity contribution in [2.45, 2.75) is 6.42 Å². The van der Waals surface area contributed by atoms with Crippen molar-refractivity contribution in [3.63, 3.8) is 0 Å². The molecular weight excluding hydrogens is 389 g/mol. The molecule has 0 atom stereocenters. The summed E-state index contributed by atoms with van der Waals surface area (Å²) in [6.45, 7) is 2.36. The second-order valence-corrected chi connectivity index (χ2v) is 7.03. The van der Waals surface area contributed by atoms with Crippen LogP contribution in [0.3, 0.4) is 0 Å². The van der Waals surface area contributed by atoms with Gasteiger partial charge in [-0.3, -0.25) is 14.4 Å². The van der Waals surface area contributed by atoms with Gasteiger partial charge >= 0.3 is 0 Å². The molecule has 0 aliphatic carbocycles. The number of hydrogen-bond donors (Lipinski definition) is 2. The van der Waals surface area contributed by atoms with Crippen molar-refractivity contribution in [1.82, 2.24) is 9.88 Å². The highest BCUT2D eigenvalue weighted by Gasteiger charge is 2.18. The van der Waals surface area contributed by atoms with Crippen molar-refractivity contribution in [1.29, 1.82) is 0 Å². The number of H-pyrrole nitrogens is 1. The van der Waals surface area contributed by atoms with Gasteiger partial charge in [0, 0.05) is 30.9 Å². The molecule has 8 heteroatoms. The van der Waals surface area contributed by atoms with Crippen LogP contribution in [0.4, 0.5) is 10.1 Å². The Morgan fingerprint density at radius 2 is 1.83 bits per heavy atom. The van der Waals surface area contributed by atoms with E-state index in [4.69, 9.17) is 4.74 Å². The molecule has 1 saturated heterocycles. The number of carbonyl (C=O) groups is 2. The molecule has 1 fully saturated rings. The van der Waals surface area contributed by atoms with Gasteiger partial charge < -0.3 is 19.9 Å². The number of nitrogens with zero attached hydrogens (tertiary/aromatic N) is 1. The summed E-state index contributed by atoms with van der Waals surface area (Å²) in [6, 6.07) is 11.9. The molecule has 7 nitrogen and oxygen atoms in total. The summed E-state index contributed by atoms with van der Waals surface area (Å²) in [5, 5.41) is 3.20. The third kappa shape index (κ3) is 4.23. The van der Waals surface area contributed by atoms with Gasteiger partial charge in [0.25, 0.3) is 17.4 Å². The van der Waals surface area contributed by atoms with Gasteiger partial charge in [-0.15, -0.1) is 0 Å². The summed E-state index contributed by atoms with van der Waals surface area (Å²) in [5.74, 6) is -1.15. The summed E-state index contributed by atoms with van der Waals surface area (Å²) < 4.78 is 18.7. The molecule has 2 aromatic carbocycles. The minimum Gasteiger partial charge on any atom is -0.380 e. The maximum absolute atomic E-state index is 13.3. The van der Waals surface area contributed by atoms with Crippen molar-refractivity contribution in [3.8, 4) is 0 Å². The number of benzene rings is 2. The van der Waals surface area contributed by atoms with Gasteiger partial charge in [-0.25, -0.2) is 4.39 Å². The van der Waals surface area contributed by atoms with Crippen LogP contribution in [0.1, 0.15) is 27.1 Å². The van der Waals surface area contributed by atoms with E-state index in [0.717, 1.165) is 6.42 Å². The molecule has 1 aliphatic rings. The molecule has 1 aliphatic heterocycles. The normalized spacial score (nSPS) is 14.4. The molecular formula is C22H20FN3O4. The number of nitrogens with one attached hydrogen (secondary N) is 2. The SMILES string of the molecule is O=C(Nc1ccc(C(=O)N2CCCOCC2)cc1)c1cc2ccc(F)cc2[nH]c1=O. The molecule has 154 valence electrons. The lowest BCUT2D eigenvalue weighted by molar-refractivity contribution is 0.0741. The molecule has 0 bridgehead atoms. The molecule has 4 rings (SSSR count). The second kappa shape index (κ2) is 8.46. The summed E-state index contributed by atoms with van der Waals surface area (Å²) in [4.78, 5) is 41.7. The molecule has 0 saturated carbocycles. The van der Waals surface area contributed by atoms with Gasteiger partial charge in [0.15, 0.2) is 0 Å². The van der Waals surface area contributed by atoms with E-state index in [0.29, 0.717) is 48.5 Å². The summed E-state index contributed by atoms with van der Waals surface area (Å²) >= 11 is 0. The van der Waals surface area contributed by atoms with Crippen LogP contribution in [0.25, 0.3) is 10.9 Å². The van der Waals surface area contributed by atoms with Crippen molar-refractivity contribution >= 4 is 28.4 Å². The maximum atomic E-state index is 13.3. The Morgan fingerprint density at radius 3 is 2.63 bits per heavy atom. The highest BCUT2D eigenvalue weighted by Crippen LogP contribution is 2.16. The number of amides is 2. The fourth-order valence-electron chi connectivity index (χ4n) is 3.37. The molecule has 30 heavy (non-hydrogen) atoms. The first-order valence-electron chi connectivity index (χ1n) is 9.62. The van der Waals surface area contributed by atoms with Gasteiger partial charge in [0.2, 0.25) is 0 Å². The zero-order valence-corrected chi connectivity index (χ0v) is 16.1. The maximum Gasteiger partial charge on any atom is 0.261 e. The summed E-state index contributed by atoms with van der Waals surface area (Å²) in [5.41, 5.74) is 0.591. The first-order chi connectivity index (χ1) is 14.5. The standard InChI is InChI=1S/C22H20FN3O4/c23-16-5-2-15-12-18(21(28)25-19(15)13-16)20(27)24-17-6-3-14(4-7-17)22(29)26-8-1-10-30-11-9-26/h2-7,12-13H,1,8-11H2,(H,24,27)(H,25,28). The first kappa shape index (κ1) is 19.8. The lowest BCUT2D eigenvalue weighted by Gasteiger charge is -2.19. The van der Waals surface area contributed by atoms with Gasteiger partial charge in [0.1, 0.15) is 11.4 Å². The van der Waals surface area contributed by atoms with Crippen LogP contribution in [0.2, 0.25) is 0 Å². The number of pyridine rings is 1. The van der Waals surface area contributed by atoms with Crippen molar-refractivity contribution < 1.29 is 18.7 Å². The van der Waals surface area contributed by atoms with E-state index in [2.05, 4.69) is 10.3 Å². The highest BCUT2D eigenvalue weighted by atomic mass is 19.1. The Bertz CT molecular complexity index is 1150. The molecule has 0 spiro atoms. The van der Waals surface area contributed by atoms with E-state index in [1.54, 1.807) is 29.2 Å². The van der Waals surface area contributed by atoms with Gasteiger partial charge in [-0.05, 0) is 60.3 Å². The summed E-state index contributed by atoms with van der Waals surface area (Å²) in [7, 11) is 0. The largest absolute Gasteiger partial charge is 0.380 e. The zero-order valence-electron chi connectivity index (χ0n) is 16.1. The fourth-order valence-corrected chi connectivity index (χ4v) is 3.37. The number of hydrogen-bond acceptors (Lipinski definition) is 4. The number of aromatic nitrogens is 1. The number of rotatable bonds is 3. The number of anilines is 1. The fraction of sp³-hybridized carbons (Fsp3) is 0.227. The molecule has 2 heterocycles. The number of fused-ring (bicyclic) bond motifs is 1. The number of ether oxygens (including phenoxy) is 1. The van der Waals surface area contributed by atoms with Crippen LogP contribution >= 0.6 is 0 Å². The lowest BCUT2D eigenvalue weighted by Crippen LogP contribution is -2.33. The second-order valence-electron chi connectivity index (χ2n) is 7.03. The third-order valence-corrected chi connectivity index (χ3v) is 4.95. The quantitative estimate of drug-likeness (QED) is 0.696. The van der Waals surface area contributed by atoms with Crippen LogP contribution in [-0.2, 0) is 4.74 Å². The topological polar surface area (TPSA) is 91.5 Å². The molecule has 0 unspecified atom stereocenters. The van der Waals surface area contributed by atoms with E-state index >= 15 is 0 Å². The molecule has 3 aromatic rings. The van der Waals surface area contributed by atoms with Gasteiger partial charge in [-0.1, -0.05) is 0 Å². The number of aromatic amines is 1. The highest BCUT2D eigenvalue weighted by molar-refractivity contribution is 6.06. The van der Waals surface area contributed by atoms with E-state index < -0.39 is 17.3 Å². The average Bonchev–Trinajstić information content (AvgIpc) is 3.02. The molecule has 0 radical (unpaired) electrons. The number of halogens is 1. The van der Waals surface area contributed by atoms with Crippen LogP contribution in [0.15, 0.2) is 53.3 Å². The Labute approximate surface area is 171 Å². The monoisotopic (exact) mass is 409 g/mol. The van der Waals surface area contributed by atoms with Crippen molar-refractivity contribution in [2.75, 3.05) is 31.6 Å². The molecule has 2 amide bonds. The Balaban J connectivity index is 1.49. The van der Waals surface area contributed by atoms with Crippen LogP contribution in [0.5, 0.6) is 0 Å². The molecule has 1 aromatic heterocycles. The smallest absolute Gasteiger partial charge is 0.261 e. The van der Waals surface area contributed by atoms with Gasteiger partial charge in [0.05, 0.1) is 12.1 Å². The predicted octanol–water partition coefficient (Wildman–Crippen LogP) is 2.78. The zero-order chi connectivity index (χ0) is 21.1. The Kier molecular flexibility index (Phi) is 5.58. The van der Waals surface area contributed by atoms with Crippen LogP contribution < -0.4 is 10.9 Å². The van der Waals surface area contributed by atoms with E-state index in [-0.39, 0.29) is 11.5 Å².